The Balaban J connectivity index is 2.27. The molecular formula is C12H21NO. The van der Waals surface area contributed by atoms with Gasteiger partial charge in [0.25, 0.3) is 0 Å². The van der Waals surface area contributed by atoms with Crippen LogP contribution in [0.3, 0.4) is 0 Å². The van der Waals surface area contributed by atoms with Gasteiger partial charge in [0.05, 0.1) is 0 Å². The number of unbranched alkanes of at least 4 members (excludes halogenated alkanes) is 2. The Bertz CT molecular complexity index is 242. The lowest BCUT2D eigenvalue weighted by Crippen LogP contribution is -1.98. The summed E-state index contributed by atoms with van der Waals surface area (Å²) in [5.41, 5.74) is 5.43. The van der Waals surface area contributed by atoms with E-state index in [2.05, 4.69) is 19.1 Å². The fraction of sp³-hybridized carbons (Fsp3) is 0.667. The largest absolute Gasteiger partial charge is 0.466 e. The van der Waals surface area contributed by atoms with Crippen LogP contribution in [0.4, 0.5) is 0 Å². The van der Waals surface area contributed by atoms with E-state index < -0.39 is 0 Å². The van der Waals surface area contributed by atoms with Crippen molar-refractivity contribution in [1.29, 1.82) is 0 Å². The van der Waals surface area contributed by atoms with Gasteiger partial charge in [-0.05, 0) is 37.9 Å². The zero-order valence-electron chi connectivity index (χ0n) is 9.09. The lowest BCUT2D eigenvalue weighted by molar-refractivity contribution is 0.452. The van der Waals surface area contributed by atoms with E-state index in [-0.39, 0.29) is 0 Å². The molecule has 0 aliphatic carbocycles. The van der Waals surface area contributed by atoms with Crippen molar-refractivity contribution in [3.8, 4) is 0 Å². The molecule has 1 aromatic heterocycles. The SMILES string of the molecule is CCCCc1ccc(CCCCN)o1. The Morgan fingerprint density at radius 2 is 1.71 bits per heavy atom. The van der Waals surface area contributed by atoms with Gasteiger partial charge in [-0.2, -0.15) is 0 Å². The van der Waals surface area contributed by atoms with E-state index in [4.69, 9.17) is 10.2 Å². The highest BCUT2D eigenvalue weighted by Gasteiger charge is 2.00. The van der Waals surface area contributed by atoms with E-state index in [0.29, 0.717) is 0 Å². The van der Waals surface area contributed by atoms with Crippen LogP contribution >= 0.6 is 0 Å². The average Bonchev–Trinajstić information content (AvgIpc) is 2.63. The Hall–Kier alpha value is -0.760. The summed E-state index contributed by atoms with van der Waals surface area (Å²) in [6.07, 6.45) is 6.78. The molecule has 0 aliphatic rings. The summed E-state index contributed by atoms with van der Waals surface area (Å²) < 4.78 is 5.69. The number of aryl methyl sites for hydroxylation is 2. The topological polar surface area (TPSA) is 39.2 Å². The summed E-state index contributed by atoms with van der Waals surface area (Å²) in [6, 6.07) is 4.20. The summed E-state index contributed by atoms with van der Waals surface area (Å²) in [5, 5.41) is 0. The number of rotatable bonds is 7. The van der Waals surface area contributed by atoms with E-state index in [9.17, 15) is 0 Å². The molecule has 2 nitrogen and oxygen atoms in total. The van der Waals surface area contributed by atoms with Crippen molar-refractivity contribution in [2.24, 2.45) is 5.73 Å². The minimum absolute atomic E-state index is 0.781. The quantitative estimate of drug-likeness (QED) is 0.679. The van der Waals surface area contributed by atoms with Gasteiger partial charge in [-0.25, -0.2) is 0 Å². The van der Waals surface area contributed by atoms with Gasteiger partial charge in [0.15, 0.2) is 0 Å². The molecule has 2 heteroatoms. The smallest absolute Gasteiger partial charge is 0.104 e. The van der Waals surface area contributed by atoms with Crippen LogP contribution in [0.2, 0.25) is 0 Å². The van der Waals surface area contributed by atoms with Crippen LogP contribution in [-0.2, 0) is 12.8 Å². The summed E-state index contributed by atoms with van der Waals surface area (Å²) in [6.45, 7) is 2.98. The van der Waals surface area contributed by atoms with Crippen LogP contribution in [0.25, 0.3) is 0 Å². The van der Waals surface area contributed by atoms with Crippen molar-refractivity contribution < 1.29 is 4.42 Å². The Morgan fingerprint density at radius 3 is 2.29 bits per heavy atom. The predicted octanol–water partition coefficient (Wildman–Crippen LogP) is 2.90. The van der Waals surface area contributed by atoms with Gasteiger partial charge in [0.1, 0.15) is 11.5 Å². The van der Waals surface area contributed by atoms with E-state index in [1.807, 2.05) is 0 Å². The average molecular weight is 195 g/mol. The lowest BCUT2D eigenvalue weighted by Gasteiger charge is -1.96. The molecule has 1 heterocycles. The maximum Gasteiger partial charge on any atom is 0.104 e. The number of hydrogen-bond donors (Lipinski definition) is 1. The van der Waals surface area contributed by atoms with Crippen LogP contribution in [0.5, 0.6) is 0 Å². The van der Waals surface area contributed by atoms with Crippen LogP contribution in [0.15, 0.2) is 16.5 Å². The van der Waals surface area contributed by atoms with E-state index in [1.54, 1.807) is 0 Å². The van der Waals surface area contributed by atoms with E-state index in [1.165, 1.54) is 12.8 Å². The number of hydrogen-bond acceptors (Lipinski definition) is 2. The maximum absolute atomic E-state index is 5.69. The van der Waals surface area contributed by atoms with Gasteiger partial charge >= 0.3 is 0 Å². The Morgan fingerprint density at radius 1 is 1.07 bits per heavy atom. The molecule has 2 N–H and O–H groups in total. The van der Waals surface area contributed by atoms with Crippen LogP contribution in [0.1, 0.15) is 44.1 Å². The molecule has 0 unspecified atom stereocenters. The van der Waals surface area contributed by atoms with Crippen molar-refractivity contribution >= 4 is 0 Å². The number of furan rings is 1. The molecule has 0 aromatic carbocycles. The molecule has 0 amide bonds. The molecule has 1 rings (SSSR count). The zero-order valence-corrected chi connectivity index (χ0v) is 9.09. The first-order valence-corrected chi connectivity index (χ1v) is 5.64. The molecule has 80 valence electrons. The molecule has 0 saturated carbocycles. The highest BCUT2D eigenvalue weighted by molar-refractivity contribution is 5.07. The molecule has 0 radical (unpaired) electrons. The highest BCUT2D eigenvalue weighted by atomic mass is 16.3. The third-order valence-electron chi connectivity index (χ3n) is 2.37. The van der Waals surface area contributed by atoms with Crippen molar-refractivity contribution in [3.05, 3.63) is 23.7 Å². The van der Waals surface area contributed by atoms with Crippen LogP contribution in [0, 0.1) is 0 Å². The first kappa shape index (κ1) is 11.3. The minimum atomic E-state index is 0.781. The molecule has 0 bridgehead atoms. The standard InChI is InChI=1S/C12H21NO/c1-2-3-6-11-8-9-12(14-11)7-4-5-10-13/h8-9H,2-7,10,13H2,1H3. The van der Waals surface area contributed by atoms with Gasteiger partial charge in [-0.1, -0.05) is 13.3 Å². The first-order valence-electron chi connectivity index (χ1n) is 5.64. The summed E-state index contributed by atoms with van der Waals surface area (Å²) in [7, 11) is 0. The second-order valence-electron chi connectivity index (χ2n) is 3.72. The predicted molar refractivity (Wildman–Crippen MR) is 59.3 cm³/mol. The normalized spacial score (nSPS) is 10.7. The van der Waals surface area contributed by atoms with Crippen LogP contribution in [-0.4, -0.2) is 6.54 Å². The first-order chi connectivity index (χ1) is 6.86. The summed E-state index contributed by atoms with van der Waals surface area (Å²) in [5.74, 6) is 2.25. The van der Waals surface area contributed by atoms with Gasteiger partial charge in [0, 0.05) is 12.8 Å². The molecule has 0 saturated heterocycles. The van der Waals surface area contributed by atoms with E-state index >= 15 is 0 Å². The van der Waals surface area contributed by atoms with Gasteiger partial charge in [-0.3, -0.25) is 0 Å². The van der Waals surface area contributed by atoms with Crippen molar-refractivity contribution in [2.75, 3.05) is 6.54 Å². The summed E-state index contributed by atoms with van der Waals surface area (Å²) >= 11 is 0. The number of nitrogens with two attached hydrogens (primary N) is 1. The summed E-state index contributed by atoms with van der Waals surface area (Å²) in [4.78, 5) is 0. The lowest BCUT2D eigenvalue weighted by atomic mass is 10.2. The Labute approximate surface area is 86.5 Å². The van der Waals surface area contributed by atoms with Gasteiger partial charge < -0.3 is 10.2 Å². The molecule has 1 aromatic rings. The third kappa shape index (κ3) is 3.97. The fourth-order valence-corrected chi connectivity index (χ4v) is 1.49. The highest BCUT2D eigenvalue weighted by Crippen LogP contribution is 2.12. The Kier molecular flexibility index (Phi) is 5.38. The van der Waals surface area contributed by atoms with Crippen molar-refractivity contribution in [3.63, 3.8) is 0 Å². The fourth-order valence-electron chi connectivity index (χ4n) is 1.49. The van der Waals surface area contributed by atoms with Gasteiger partial charge in [0.2, 0.25) is 0 Å². The molecule has 0 spiro atoms. The van der Waals surface area contributed by atoms with E-state index in [0.717, 1.165) is 43.7 Å². The molecule has 0 fully saturated rings. The molecule has 0 atom stereocenters. The van der Waals surface area contributed by atoms with Crippen molar-refractivity contribution in [2.45, 2.75) is 45.4 Å². The monoisotopic (exact) mass is 195 g/mol. The second kappa shape index (κ2) is 6.66. The molecule has 0 aliphatic heterocycles. The maximum atomic E-state index is 5.69. The molecular weight excluding hydrogens is 174 g/mol. The third-order valence-corrected chi connectivity index (χ3v) is 2.37. The second-order valence-corrected chi connectivity index (χ2v) is 3.72. The van der Waals surface area contributed by atoms with Crippen LogP contribution < -0.4 is 5.73 Å². The van der Waals surface area contributed by atoms with Gasteiger partial charge in [-0.15, -0.1) is 0 Å². The minimum Gasteiger partial charge on any atom is -0.466 e. The molecule has 14 heavy (non-hydrogen) atoms. The zero-order chi connectivity index (χ0) is 10.2. The van der Waals surface area contributed by atoms with Crippen molar-refractivity contribution in [1.82, 2.24) is 0 Å².